The summed E-state index contributed by atoms with van der Waals surface area (Å²) >= 11 is 5.71. The molecule has 0 bridgehead atoms. The number of carbonyl (C=O) groups excluding carboxylic acids is 1. The molecule has 104 valence electrons. The quantitative estimate of drug-likeness (QED) is 0.664. The van der Waals surface area contributed by atoms with Crippen LogP contribution in [0.25, 0.3) is 0 Å². The number of halogens is 1. The van der Waals surface area contributed by atoms with Crippen LogP contribution < -0.4 is 5.32 Å². The maximum Gasteiger partial charge on any atom is 0.288 e. The van der Waals surface area contributed by atoms with Crippen molar-refractivity contribution in [3.8, 4) is 0 Å². The lowest BCUT2D eigenvalue weighted by atomic mass is 9.98. The Labute approximate surface area is 117 Å². The van der Waals surface area contributed by atoms with Crippen molar-refractivity contribution in [3.05, 3.63) is 38.9 Å². The second-order valence-corrected chi connectivity index (χ2v) is 5.42. The minimum Gasteiger partial charge on any atom is -0.347 e. The van der Waals surface area contributed by atoms with Crippen LogP contribution in [-0.4, -0.2) is 16.4 Å². The molecule has 1 rings (SSSR count). The van der Waals surface area contributed by atoms with E-state index >= 15 is 0 Å². The van der Waals surface area contributed by atoms with Crippen molar-refractivity contribution in [1.82, 2.24) is 5.32 Å². The van der Waals surface area contributed by atoms with Gasteiger partial charge in [0.25, 0.3) is 11.6 Å². The van der Waals surface area contributed by atoms with Crippen molar-refractivity contribution in [1.29, 1.82) is 0 Å². The van der Waals surface area contributed by atoms with E-state index in [0.717, 1.165) is 12.8 Å². The molecule has 0 aromatic heterocycles. The number of nitro benzene ring substituents is 1. The van der Waals surface area contributed by atoms with Gasteiger partial charge in [0.05, 0.1) is 4.92 Å². The van der Waals surface area contributed by atoms with Crippen LogP contribution in [0.15, 0.2) is 18.2 Å². The first-order valence-electron chi connectivity index (χ1n) is 6.03. The standard InChI is InChI=1S/C13H17ClN2O3/c1-4-7-13(2,3)15-12(17)9-5-6-10(14)11(8-9)16(18)19/h5-6,8H,4,7H2,1-3H3,(H,15,17). The molecule has 6 heteroatoms. The molecule has 0 unspecified atom stereocenters. The number of nitrogens with one attached hydrogen (secondary N) is 1. The minimum absolute atomic E-state index is 0.0226. The topological polar surface area (TPSA) is 72.2 Å². The Morgan fingerprint density at radius 1 is 1.47 bits per heavy atom. The fourth-order valence-corrected chi connectivity index (χ4v) is 2.05. The monoisotopic (exact) mass is 284 g/mol. The van der Waals surface area contributed by atoms with Crippen LogP contribution in [0.5, 0.6) is 0 Å². The lowest BCUT2D eigenvalue weighted by Gasteiger charge is -2.25. The molecule has 0 fully saturated rings. The number of amides is 1. The summed E-state index contributed by atoms with van der Waals surface area (Å²) in [7, 11) is 0. The molecule has 19 heavy (non-hydrogen) atoms. The molecule has 0 saturated carbocycles. The van der Waals surface area contributed by atoms with Gasteiger partial charge in [-0.15, -0.1) is 0 Å². The molecule has 1 aromatic rings. The number of rotatable bonds is 5. The van der Waals surface area contributed by atoms with E-state index in [1.807, 2.05) is 20.8 Å². The van der Waals surface area contributed by atoms with Gasteiger partial charge in [-0.2, -0.15) is 0 Å². The van der Waals surface area contributed by atoms with Gasteiger partial charge in [-0.25, -0.2) is 0 Å². The predicted octanol–water partition coefficient (Wildman–Crippen LogP) is 3.56. The van der Waals surface area contributed by atoms with Gasteiger partial charge in [-0.1, -0.05) is 24.9 Å². The average molecular weight is 285 g/mol. The van der Waals surface area contributed by atoms with Gasteiger partial charge in [0.15, 0.2) is 0 Å². The lowest BCUT2D eigenvalue weighted by Crippen LogP contribution is -2.43. The average Bonchev–Trinajstić information content (AvgIpc) is 2.28. The summed E-state index contributed by atoms with van der Waals surface area (Å²) in [5, 5.41) is 13.7. The maximum absolute atomic E-state index is 12.0. The molecule has 0 radical (unpaired) electrons. The summed E-state index contributed by atoms with van der Waals surface area (Å²) in [4.78, 5) is 22.2. The van der Waals surface area contributed by atoms with Gasteiger partial charge in [0.1, 0.15) is 5.02 Å². The fraction of sp³-hybridized carbons (Fsp3) is 0.462. The van der Waals surface area contributed by atoms with Crippen LogP contribution in [0, 0.1) is 10.1 Å². The molecule has 5 nitrogen and oxygen atoms in total. The Morgan fingerprint density at radius 3 is 2.63 bits per heavy atom. The largest absolute Gasteiger partial charge is 0.347 e. The summed E-state index contributed by atoms with van der Waals surface area (Å²) in [5.74, 6) is -0.335. The summed E-state index contributed by atoms with van der Waals surface area (Å²) in [5.41, 5.74) is -0.372. The van der Waals surface area contributed by atoms with Crippen molar-refractivity contribution < 1.29 is 9.72 Å². The van der Waals surface area contributed by atoms with E-state index in [9.17, 15) is 14.9 Å². The van der Waals surface area contributed by atoms with E-state index in [0.29, 0.717) is 0 Å². The number of carbonyl (C=O) groups is 1. The van der Waals surface area contributed by atoms with Crippen LogP contribution in [-0.2, 0) is 0 Å². The van der Waals surface area contributed by atoms with Gasteiger partial charge in [0, 0.05) is 17.2 Å². The van der Waals surface area contributed by atoms with Crippen molar-refractivity contribution >= 4 is 23.2 Å². The SMILES string of the molecule is CCCC(C)(C)NC(=O)c1ccc(Cl)c([N+](=O)[O-])c1. The molecule has 1 N–H and O–H groups in total. The minimum atomic E-state index is -0.601. The zero-order chi connectivity index (χ0) is 14.6. The molecule has 0 aliphatic rings. The summed E-state index contributed by atoms with van der Waals surface area (Å²) in [6.45, 7) is 5.86. The molecule has 0 heterocycles. The third kappa shape index (κ3) is 4.21. The van der Waals surface area contributed by atoms with Crippen LogP contribution in [0.3, 0.4) is 0 Å². The second kappa shape index (κ2) is 6.02. The van der Waals surface area contributed by atoms with Gasteiger partial charge in [0.2, 0.25) is 0 Å². The highest BCUT2D eigenvalue weighted by atomic mass is 35.5. The Hall–Kier alpha value is -1.62. The van der Waals surface area contributed by atoms with E-state index in [-0.39, 0.29) is 27.7 Å². The number of hydrogen-bond acceptors (Lipinski definition) is 3. The van der Waals surface area contributed by atoms with Crippen molar-refractivity contribution in [2.45, 2.75) is 39.2 Å². The Bertz CT molecular complexity index is 501. The molecular weight excluding hydrogens is 268 g/mol. The van der Waals surface area contributed by atoms with E-state index in [4.69, 9.17) is 11.6 Å². The second-order valence-electron chi connectivity index (χ2n) is 5.01. The molecule has 0 atom stereocenters. The number of nitrogens with zero attached hydrogens (tertiary/aromatic N) is 1. The third-order valence-electron chi connectivity index (χ3n) is 2.73. The highest BCUT2D eigenvalue weighted by molar-refractivity contribution is 6.32. The Morgan fingerprint density at radius 2 is 2.11 bits per heavy atom. The van der Waals surface area contributed by atoms with E-state index in [2.05, 4.69) is 5.32 Å². The van der Waals surface area contributed by atoms with Crippen LogP contribution in [0.1, 0.15) is 44.0 Å². The highest BCUT2D eigenvalue weighted by Crippen LogP contribution is 2.25. The zero-order valence-electron chi connectivity index (χ0n) is 11.2. The molecular formula is C13H17ClN2O3. The van der Waals surface area contributed by atoms with Crippen LogP contribution >= 0.6 is 11.6 Å². The Balaban J connectivity index is 2.95. The van der Waals surface area contributed by atoms with Gasteiger partial charge < -0.3 is 5.32 Å². The third-order valence-corrected chi connectivity index (χ3v) is 3.05. The van der Waals surface area contributed by atoms with Gasteiger partial charge in [-0.05, 0) is 32.4 Å². The Kier molecular flexibility index (Phi) is 4.89. The molecule has 0 aliphatic heterocycles. The first-order chi connectivity index (χ1) is 8.76. The van der Waals surface area contributed by atoms with Crippen LogP contribution in [0.2, 0.25) is 5.02 Å². The fourth-order valence-electron chi connectivity index (χ4n) is 1.86. The first kappa shape index (κ1) is 15.4. The number of hydrogen-bond donors (Lipinski definition) is 1. The summed E-state index contributed by atoms with van der Waals surface area (Å²) < 4.78 is 0. The molecule has 0 saturated heterocycles. The van der Waals surface area contributed by atoms with Crippen molar-refractivity contribution in [2.75, 3.05) is 0 Å². The molecule has 0 aliphatic carbocycles. The van der Waals surface area contributed by atoms with Crippen molar-refractivity contribution in [2.24, 2.45) is 0 Å². The van der Waals surface area contributed by atoms with Crippen molar-refractivity contribution in [3.63, 3.8) is 0 Å². The predicted molar refractivity (Wildman–Crippen MR) is 74.6 cm³/mol. The maximum atomic E-state index is 12.0. The molecule has 1 amide bonds. The molecule has 1 aromatic carbocycles. The van der Waals surface area contributed by atoms with E-state index in [1.54, 1.807) is 0 Å². The smallest absolute Gasteiger partial charge is 0.288 e. The summed E-state index contributed by atoms with van der Waals surface area (Å²) in [6.07, 6.45) is 1.77. The van der Waals surface area contributed by atoms with Gasteiger partial charge >= 0.3 is 0 Å². The number of nitro groups is 1. The highest BCUT2D eigenvalue weighted by Gasteiger charge is 2.22. The first-order valence-corrected chi connectivity index (χ1v) is 6.41. The number of benzene rings is 1. The lowest BCUT2D eigenvalue weighted by molar-refractivity contribution is -0.384. The zero-order valence-corrected chi connectivity index (χ0v) is 12.0. The van der Waals surface area contributed by atoms with E-state index in [1.165, 1.54) is 18.2 Å². The normalized spacial score (nSPS) is 11.2. The molecule has 0 spiro atoms. The van der Waals surface area contributed by atoms with E-state index < -0.39 is 4.92 Å². The summed E-state index contributed by atoms with van der Waals surface area (Å²) in [6, 6.07) is 4.04. The van der Waals surface area contributed by atoms with Gasteiger partial charge in [-0.3, -0.25) is 14.9 Å². The van der Waals surface area contributed by atoms with Crippen LogP contribution in [0.4, 0.5) is 5.69 Å².